The van der Waals surface area contributed by atoms with E-state index in [2.05, 4.69) is 16.3 Å². The monoisotopic (exact) mass is 250 g/mol. The minimum Gasteiger partial charge on any atom is -0.429 e. The zero-order valence-electron chi connectivity index (χ0n) is 9.59. The predicted octanol–water partition coefficient (Wildman–Crippen LogP) is 2.78. The van der Waals surface area contributed by atoms with Gasteiger partial charge in [-0.15, -0.1) is 0 Å². The van der Waals surface area contributed by atoms with Gasteiger partial charge in [0.2, 0.25) is 0 Å². The summed E-state index contributed by atoms with van der Waals surface area (Å²) in [5, 5.41) is 9.70. The van der Waals surface area contributed by atoms with Crippen LogP contribution in [-0.2, 0) is 13.0 Å². The Morgan fingerprint density at radius 3 is 2.94 bits per heavy atom. The highest BCUT2D eigenvalue weighted by molar-refractivity contribution is 7.07. The van der Waals surface area contributed by atoms with Crippen LogP contribution in [0, 0.1) is 0 Å². The molecule has 2 aromatic rings. The Hall–Kier alpha value is -1.46. The topological polar surface area (TPSA) is 55.2 Å². The number of nitrogens with zero attached hydrogens (tertiary/aromatic N) is 2. The first-order valence-corrected chi connectivity index (χ1v) is 6.30. The largest absolute Gasteiger partial charge is 0.429 e. The second kappa shape index (κ2) is 5.75. The summed E-state index contributed by atoms with van der Waals surface area (Å²) in [6, 6.07) is 7.36. The zero-order valence-corrected chi connectivity index (χ0v) is 10.4. The first-order valence-electron chi connectivity index (χ1n) is 5.52. The van der Waals surface area contributed by atoms with E-state index in [0.29, 0.717) is 10.9 Å². The predicted molar refractivity (Wildman–Crippen MR) is 66.3 cm³/mol. The maximum absolute atomic E-state index is 9.17. The number of hydrogen-bond donors (Lipinski definition) is 1. The fourth-order valence-corrected chi connectivity index (χ4v) is 2.02. The molecule has 17 heavy (non-hydrogen) atoms. The highest BCUT2D eigenvalue weighted by Gasteiger charge is 2.08. The highest BCUT2D eigenvalue weighted by Crippen LogP contribution is 2.26. The van der Waals surface area contributed by atoms with Gasteiger partial charge in [0.25, 0.3) is 5.19 Å². The Kier molecular flexibility index (Phi) is 4.06. The van der Waals surface area contributed by atoms with Crippen molar-refractivity contribution in [3.8, 4) is 10.9 Å². The maximum atomic E-state index is 9.17. The molecule has 0 amide bonds. The summed E-state index contributed by atoms with van der Waals surface area (Å²) in [5.74, 6) is 1.45. The molecule has 0 unspecified atom stereocenters. The third-order valence-corrected chi connectivity index (χ3v) is 2.90. The van der Waals surface area contributed by atoms with Crippen LogP contribution in [-0.4, -0.2) is 14.5 Å². The minimum atomic E-state index is -0.0448. The van der Waals surface area contributed by atoms with Crippen molar-refractivity contribution >= 4 is 11.5 Å². The van der Waals surface area contributed by atoms with Gasteiger partial charge in [-0.05, 0) is 12.5 Å². The van der Waals surface area contributed by atoms with Crippen LogP contribution < -0.4 is 4.74 Å². The van der Waals surface area contributed by atoms with Crippen LogP contribution in [0.3, 0.4) is 0 Å². The normalized spacial score (nSPS) is 10.5. The molecule has 90 valence electrons. The fraction of sp³-hybridized carbons (Fsp3) is 0.333. The summed E-state index contributed by atoms with van der Waals surface area (Å²) >= 11 is 1.24. The molecule has 1 N–H and O–H groups in total. The van der Waals surface area contributed by atoms with Crippen molar-refractivity contribution in [3.63, 3.8) is 0 Å². The van der Waals surface area contributed by atoms with Crippen molar-refractivity contribution in [3.05, 3.63) is 35.7 Å². The SMILES string of the molecule is CCCc1nsc(Oc2ccccc2CO)n1. The Morgan fingerprint density at radius 2 is 2.18 bits per heavy atom. The van der Waals surface area contributed by atoms with Crippen LogP contribution in [0.5, 0.6) is 10.9 Å². The van der Waals surface area contributed by atoms with E-state index in [1.807, 2.05) is 24.3 Å². The van der Waals surface area contributed by atoms with Crippen LogP contribution in [0.1, 0.15) is 24.7 Å². The van der Waals surface area contributed by atoms with Gasteiger partial charge in [-0.1, -0.05) is 25.1 Å². The summed E-state index contributed by atoms with van der Waals surface area (Å²) in [6.07, 6.45) is 1.88. The molecule has 2 rings (SSSR count). The molecule has 0 aliphatic heterocycles. The van der Waals surface area contributed by atoms with Gasteiger partial charge in [0.05, 0.1) is 6.61 Å². The van der Waals surface area contributed by atoms with Crippen molar-refractivity contribution in [2.75, 3.05) is 0 Å². The average molecular weight is 250 g/mol. The minimum absolute atomic E-state index is 0.0448. The summed E-state index contributed by atoms with van der Waals surface area (Å²) in [5.41, 5.74) is 0.750. The van der Waals surface area contributed by atoms with Crippen molar-refractivity contribution in [2.45, 2.75) is 26.4 Å². The van der Waals surface area contributed by atoms with E-state index in [1.165, 1.54) is 11.5 Å². The molecule has 0 saturated heterocycles. The first-order chi connectivity index (χ1) is 8.33. The zero-order chi connectivity index (χ0) is 12.1. The lowest BCUT2D eigenvalue weighted by molar-refractivity contribution is 0.276. The standard InChI is InChI=1S/C12H14N2O2S/c1-2-5-11-13-12(17-14-11)16-10-7-4-3-6-9(10)8-15/h3-4,6-7,15H,2,5,8H2,1H3. The number of aliphatic hydroxyl groups is 1. The van der Waals surface area contributed by atoms with Crippen LogP contribution in [0.4, 0.5) is 0 Å². The van der Waals surface area contributed by atoms with Gasteiger partial charge in [-0.2, -0.15) is 9.36 Å². The number of aromatic nitrogens is 2. The van der Waals surface area contributed by atoms with Crippen molar-refractivity contribution < 1.29 is 9.84 Å². The van der Waals surface area contributed by atoms with E-state index in [-0.39, 0.29) is 6.61 Å². The molecule has 0 aliphatic rings. The summed E-state index contributed by atoms with van der Waals surface area (Å²) in [7, 11) is 0. The molecule has 1 aromatic heterocycles. The van der Waals surface area contributed by atoms with Gasteiger partial charge < -0.3 is 9.84 Å². The lowest BCUT2D eigenvalue weighted by Gasteiger charge is -2.05. The van der Waals surface area contributed by atoms with Gasteiger partial charge in [-0.25, -0.2) is 0 Å². The third kappa shape index (κ3) is 3.01. The number of aliphatic hydroxyl groups excluding tert-OH is 1. The summed E-state index contributed by atoms with van der Waals surface area (Å²) in [4.78, 5) is 4.27. The summed E-state index contributed by atoms with van der Waals surface area (Å²) < 4.78 is 9.81. The fourth-order valence-electron chi connectivity index (χ4n) is 1.43. The number of para-hydroxylation sites is 1. The van der Waals surface area contributed by atoms with Gasteiger partial charge in [0.15, 0.2) is 0 Å². The molecule has 0 radical (unpaired) electrons. The number of benzene rings is 1. The van der Waals surface area contributed by atoms with Gasteiger partial charge >= 0.3 is 0 Å². The van der Waals surface area contributed by atoms with Crippen LogP contribution in [0.25, 0.3) is 0 Å². The molecule has 1 aromatic carbocycles. The van der Waals surface area contributed by atoms with Gasteiger partial charge in [0, 0.05) is 23.5 Å². The highest BCUT2D eigenvalue weighted by atomic mass is 32.1. The Balaban J connectivity index is 2.13. The van der Waals surface area contributed by atoms with Crippen molar-refractivity contribution in [1.29, 1.82) is 0 Å². The molecule has 1 heterocycles. The molecule has 0 fully saturated rings. The van der Waals surface area contributed by atoms with Gasteiger partial charge in [-0.3, -0.25) is 0 Å². The lowest BCUT2D eigenvalue weighted by atomic mass is 10.2. The molecule has 0 atom stereocenters. The molecule has 5 heteroatoms. The second-order valence-corrected chi connectivity index (χ2v) is 4.31. The second-order valence-electron chi connectivity index (χ2n) is 3.59. The van der Waals surface area contributed by atoms with Crippen LogP contribution in [0.2, 0.25) is 0 Å². The van der Waals surface area contributed by atoms with Crippen molar-refractivity contribution in [1.82, 2.24) is 9.36 Å². The molecule has 0 aliphatic carbocycles. The number of hydrogen-bond acceptors (Lipinski definition) is 5. The van der Waals surface area contributed by atoms with Crippen LogP contribution in [0.15, 0.2) is 24.3 Å². The van der Waals surface area contributed by atoms with E-state index in [4.69, 9.17) is 4.74 Å². The van der Waals surface area contributed by atoms with E-state index in [9.17, 15) is 5.11 Å². The van der Waals surface area contributed by atoms with Crippen molar-refractivity contribution in [2.24, 2.45) is 0 Å². The van der Waals surface area contributed by atoms with E-state index >= 15 is 0 Å². The molecule has 0 spiro atoms. The first kappa shape index (κ1) is 12.0. The summed E-state index contributed by atoms with van der Waals surface area (Å²) in [6.45, 7) is 2.04. The average Bonchev–Trinajstić information content (AvgIpc) is 2.78. The molecular weight excluding hydrogens is 236 g/mol. The lowest BCUT2D eigenvalue weighted by Crippen LogP contribution is -1.91. The number of ether oxygens (including phenoxy) is 1. The van der Waals surface area contributed by atoms with Crippen LogP contribution >= 0.6 is 11.5 Å². The molecular formula is C12H14N2O2S. The Labute approximate surface area is 104 Å². The van der Waals surface area contributed by atoms with E-state index < -0.39 is 0 Å². The number of rotatable bonds is 5. The smallest absolute Gasteiger partial charge is 0.298 e. The van der Waals surface area contributed by atoms with Gasteiger partial charge in [0.1, 0.15) is 11.6 Å². The Morgan fingerprint density at radius 1 is 1.35 bits per heavy atom. The maximum Gasteiger partial charge on any atom is 0.298 e. The molecule has 0 saturated carbocycles. The van der Waals surface area contributed by atoms with E-state index in [0.717, 1.165) is 24.2 Å². The molecule has 0 bridgehead atoms. The molecule has 4 nitrogen and oxygen atoms in total. The third-order valence-electron chi connectivity index (χ3n) is 2.26. The number of aryl methyl sites for hydroxylation is 1. The Bertz CT molecular complexity index is 485. The van der Waals surface area contributed by atoms with E-state index in [1.54, 1.807) is 0 Å². The quantitative estimate of drug-likeness (QED) is 0.886.